The number of anilines is 2. The van der Waals surface area contributed by atoms with Gasteiger partial charge in [0.05, 0.1) is 30.3 Å². The van der Waals surface area contributed by atoms with Crippen molar-refractivity contribution in [2.45, 2.75) is 31.6 Å². The fraction of sp³-hybridized carbons (Fsp3) is 0.429. The molecule has 10 heteroatoms. The summed E-state index contributed by atoms with van der Waals surface area (Å²) >= 11 is 0. The van der Waals surface area contributed by atoms with E-state index in [0.717, 1.165) is 42.7 Å². The molecule has 9 nitrogen and oxygen atoms in total. The number of urea groups is 1. The summed E-state index contributed by atoms with van der Waals surface area (Å²) in [5.41, 5.74) is 2.08. The fourth-order valence-corrected chi connectivity index (χ4v) is 4.24. The van der Waals surface area contributed by atoms with E-state index in [2.05, 4.69) is 20.6 Å². The highest BCUT2D eigenvalue weighted by Gasteiger charge is 2.35. The SMILES string of the molecule is CNC(=O)Nc1ccc(-c2nc(N3CC4CCC(C3)O4)c3cnn(CCF)c3n2)cc1. The molecule has 2 aliphatic heterocycles. The molecule has 0 radical (unpaired) electrons. The average molecular weight is 425 g/mol. The van der Waals surface area contributed by atoms with Gasteiger partial charge in [-0.2, -0.15) is 5.10 Å². The highest BCUT2D eigenvalue weighted by Crippen LogP contribution is 2.33. The van der Waals surface area contributed by atoms with Gasteiger partial charge in [0.1, 0.15) is 12.5 Å². The molecule has 1 aromatic carbocycles. The van der Waals surface area contributed by atoms with Crippen LogP contribution in [-0.2, 0) is 11.3 Å². The maximum Gasteiger partial charge on any atom is 0.318 e. The van der Waals surface area contributed by atoms with Crippen molar-refractivity contribution in [1.29, 1.82) is 0 Å². The van der Waals surface area contributed by atoms with Crippen molar-refractivity contribution in [2.24, 2.45) is 0 Å². The first-order chi connectivity index (χ1) is 15.1. The number of rotatable bonds is 5. The minimum Gasteiger partial charge on any atom is -0.371 e. The van der Waals surface area contributed by atoms with E-state index >= 15 is 0 Å². The van der Waals surface area contributed by atoms with Crippen molar-refractivity contribution in [3.63, 3.8) is 0 Å². The largest absolute Gasteiger partial charge is 0.371 e. The number of carbonyl (C=O) groups is 1. The molecule has 2 unspecified atom stereocenters. The summed E-state index contributed by atoms with van der Waals surface area (Å²) in [5, 5.41) is 10.4. The van der Waals surface area contributed by atoms with Gasteiger partial charge in [-0.05, 0) is 37.1 Å². The number of alkyl halides is 1. The number of aryl methyl sites for hydroxylation is 1. The van der Waals surface area contributed by atoms with E-state index in [1.807, 2.05) is 12.1 Å². The van der Waals surface area contributed by atoms with Crippen LogP contribution in [0.1, 0.15) is 12.8 Å². The normalized spacial score (nSPS) is 20.3. The van der Waals surface area contributed by atoms with Gasteiger partial charge in [-0.1, -0.05) is 0 Å². The second-order valence-electron chi connectivity index (χ2n) is 7.81. The second kappa shape index (κ2) is 8.10. The van der Waals surface area contributed by atoms with Crippen LogP contribution in [0.3, 0.4) is 0 Å². The zero-order valence-corrected chi connectivity index (χ0v) is 17.2. The van der Waals surface area contributed by atoms with Crippen LogP contribution in [0.25, 0.3) is 22.4 Å². The quantitative estimate of drug-likeness (QED) is 0.652. The van der Waals surface area contributed by atoms with Gasteiger partial charge in [-0.3, -0.25) is 0 Å². The van der Waals surface area contributed by atoms with Gasteiger partial charge in [0, 0.05) is 31.4 Å². The summed E-state index contributed by atoms with van der Waals surface area (Å²) < 4.78 is 20.6. The molecule has 0 saturated carbocycles. The van der Waals surface area contributed by atoms with Gasteiger partial charge in [-0.25, -0.2) is 23.8 Å². The molecule has 2 aliphatic rings. The number of nitrogens with one attached hydrogen (secondary N) is 2. The van der Waals surface area contributed by atoms with Crippen molar-refractivity contribution in [1.82, 2.24) is 25.1 Å². The summed E-state index contributed by atoms with van der Waals surface area (Å²) in [6.07, 6.45) is 4.26. The first kappa shape index (κ1) is 19.7. The average Bonchev–Trinajstić information content (AvgIpc) is 3.35. The van der Waals surface area contributed by atoms with E-state index in [1.165, 1.54) is 0 Å². The van der Waals surface area contributed by atoms with Crippen LogP contribution in [0, 0.1) is 0 Å². The van der Waals surface area contributed by atoms with Crippen molar-refractivity contribution in [3.05, 3.63) is 30.5 Å². The Morgan fingerprint density at radius 3 is 2.61 bits per heavy atom. The van der Waals surface area contributed by atoms with Gasteiger partial charge in [-0.15, -0.1) is 0 Å². The van der Waals surface area contributed by atoms with Gasteiger partial charge in [0.2, 0.25) is 0 Å². The smallest absolute Gasteiger partial charge is 0.318 e. The summed E-state index contributed by atoms with van der Waals surface area (Å²) in [7, 11) is 1.56. The molecule has 5 rings (SSSR count). The van der Waals surface area contributed by atoms with Crippen LogP contribution in [0.2, 0.25) is 0 Å². The number of halogens is 1. The van der Waals surface area contributed by atoms with Gasteiger partial charge < -0.3 is 20.3 Å². The van der Waals surface area contributed by atoms with Gasteiger partial charge >= 0.3 is 6.03 Å². The first-order valence-corrected chi connectivity index (χ1v) is 10.4. The number of benzene rings is 1. The molecule has 2 amide bonds. The molecule has 2 atom stereocenters. The van der Waals surface area contributed by atoms with E-state index in [-0.39, 0.29) is 24.8 Å². The maximum atomic E-state index is 13.1. The third kappa shape index (κ3) is 3.78. The molecule has 2 saturated heterocycles. The number of morpholine rings is 1. The number of fused-ring (bicyclic) bond motifs is 3. The number of amides is 2. The molecule has 4 heterocycles. The van der Waals surface area contributed by atoms with Crippen LogP contribution >= 0.6 is 0 Å². The molecule has 162 valence electrons. The molecular formula is C21H24FN7O2. The van der Waals surface area contributed by atoms with Crippen molar-refractivity contribution in [2.75, 3.05) is 37.0 Å². The molecule has 0 aliphatic carbocycles. The van der Waals surface area contributed by atoms with Gasteiger partial charge in [0.25, 0.3) is 0 Å². The fourth-order valence-electron chi connectivity index (χ4n) is 4.24. The Bertz CT molecular complexity index is 1090. The Balaban J connectivity index is 1.55. The first-order valence-electron chi connectivity index (χ1n) is 10.4. The molecule has 3 aromatic rings. The molecule has 0 spiro atoms. The number of hydrogen-bond donors (Lipinski definition) is 2. The van der Waals surface area contributed by atoms with Crippen molar-refractivity contribution in [3.8, 4) is 11.4 Å². The number of nitrogens with zero attached hydrogens (tertiary/aromatic N) is 5. The third-order valence-corrected chi connectivity index (χ3v) is 5.74. The maximum absolute atomic E-state index is 13.1. The molecule has 2 bridgehead atoms. The number of carbonyl (C=O) groups excluding carboxylic acids is 1. The van der Waals surface area contributed by atoms with Crippen LogP contribution in [-0.4, -0.2) is 64.8 Å². The standard InChI is InChI=1S/C21H24FN7O2/c1-23-21(30)25-14-4-2-13(3-5-14)18-26-19(28-11-15-6-7-16(12-28)31-15)17-10-24-29(9-8-22)20(17)27-18/h2-5,10,15-16H,6-9,11-12H2,1H3,(H2,23,25,30). The number of ether oxygens (including phenoxy) is 1. The van der Waals surface area contributed by atoms with Crippen LogP contribution in [0.5, 0.6) is 0 Å². The lowest BCUT2D eigenvalue weighted by atomic mass is 10.2. The zero-order chi connectivity index (χ0) is 21.4. The summed E-state index contributed by atoms with van der Waals surface area (Å²) in [6, 6.07) is 7.02. The monoisotopic (exact) mass is 425 g/mol. The predicted octanol–water partition coefficient (Wildman–Crippen LogP) is 2.58. The molecule has 2 aromatic heterocycles. The lowest BCUT2D eigenvalue weighted by molar-refractivity contribution is 0.0303. The van der Waals surface area contributed by atoms with E-state index in [4.69, 9.17) is 14.7 Å². The Morgan fingerprint density at radius 2 is 1.94 bits per heavy atom. The van der Waals surface area contributed by atoms with E-state index in [0.29, 0.717) is 17.2 Å². The summed E-state index contributed by atoms with van der Waals surface area (Å²) in [6.45, 7) is 1.16. The Labute approximate surface area is 178 Å². The van der Waals surface area contributed by atoms with Crippen LogP contribution in [0.4, 0.5) is 20.7 Å². The van der Waals surface area contributed by atoms with E-state index < -0.39 is 6.67 Å². The topological polar surface area (TPSA) is 97.2 Å². The molecule has 2 N–H and O–H groups in total. The van der Waals surface area contributed by atoms with Crippen molar-refractivity contribution < 1.29 is 13.9 Å². The zero-order valence-electron chi connectivity index (χ0n) is 17.2. The van der Waals surface area contributed by atoms with Crippen molar-refractivity contribution >= 4 is 28.6 Å². The Hall–Kier alpha value is -3.27. The van der Waals surface area contributed by atoms with E-state index in [9.17, 15) is 9.18 Å². The third-order valence-electron chi connectivity index (χ3n) is 5.74. The molecule has 31 heavy (non-hydrogen) atoms. The molecule has 2 fully saturated rings. The van der Waals surface area contributed by atoms with Gasteiger partial charge in [0.15, 0.2) is 11.5 Å². The summed E-state index contributed by atoms with van der Waals surface area (Å²) in [4.78, 5) is 23.4. The predicted molar refractivity (Wildman–Crippen MR) is 115 cm³/mol. The number of aromatic nitrogens is 4. The second-order valence-corrected chi connectivity index (χ2v) is 7.81. The van der Waals surface area contributed by atoms with E-state index in [1.54, 1.807) is 30.1 Å². The lowest BCUT2D eigenvalue weighted by Gasteiger charge is -2.33. The minimum absolute atomic E-state index is 0.142. The Kier molecular flexibility index (Phi) is 5.14. The van der Waals surface area contributed by atoms with Crippen LogP contribution < -0.4 is 15.5 Å². The highest BCUT2D eigenvalue weighted by atomic mass is 19.1. The Morgan fingerprint density at radius 1 is 1.19 bits per heavy atom. The molecular weight excluding hydrogens is 401 g/mol. The number of hydrogen-bond acceptors (Lipinski definition) is 6. The highest BCUT2D eigenvalue weighted by molar-refractivity contribution is 5.90. The minimum atomic E-state index is -0.521. The lowest BCUT2D eigenvalue weighted by Crippen LogP contribution is -2.43. The summed E-state index contributed by atoms with van der Waals surface area (Å²) in [5.74, 6) is 1.34. The van der Waals surface area contributed by atoms with Crippen LogP contribution in [0.15, 0.2) is 30.5 Å².